The van der Waals surface area contributed by atoms with Crippen molar-refractivity contribution in [3.05, 3.63) is 70.2 Å². The van der Waals surface area contributed by atoms with Crippen molar-refractivity contribution in [2.75, 3.05) is 11.3 Å². The number of carbonyl (C=O) groups excluding carboxylic acids is 1. The molecule has 0 atom stereocenters. The number of ether oxygens (including phenoxy) is 1. The highest BCUT2D eigenvalue weighted by Crippen LogP contribution is 2.37. The SMILES string of the molecule is CCOC(=O)c1scc(-c2ccc(C)cc2)c1S(=O)(=O)Nc1ccc(F)cc1. The van der Waals surface area contributed by atoms with E-state index in [-0.39, 0.29) is 22.1 Å². The molecule has 0 saturated carbocycles. The highest BCUT2D eigenvalue weighted by molar-refractivity contribution is 7.93. The summed E-state index contributed by atoms with van der Waals surface area (Å²) in [4.78, 5) is 12.2. The van der Waals surface area contributed by atoms with E-state index in [1.54, 1.807) is 24.4 Å². The van der Waals surface area contributed by atoms with Crippen LogP contribution in [-0.2, 0) is 14.8 Å². The van der Waals surface area contributed by atoms with Gasteiger partial charge in [0.1, 0.15) is 15.6 Å². The van der Waals surface area contributed by atoms with E-state index in [9.17, 15) is 17.6 Å². The number of carbonyl (C=O) groups is 1. The summed E-state index contributed by atoms with van der Waals surface area (Å²) in [6.45, 7) is 3.70. The first-order chi connectivity index (χ1) is 13.3. The number of rotatable bonds is 6. The Balaban J connectivity index is 2.12. The van der Waals surface area contributed by atoms with Crippen molar-refractivity contribution in [3.8, 4) is 11.1 Å². The minimum absolute atomic E-state index is 0.00737. The second kappa shape index (κ2) is 8.12. The largest absolute Gasteiger partial charge is 0.462 e. The molecule has 0 spiro atoms. The zero-order valence-corrected chi connectivity index (χ0v) is 16.9. The van der Waals surface area contributed by atoms with Crippen molar-refractivity contribution < 1.29 is 22.3 Å². The maximum atomic E-state index is 13.1. The number of hydrogen-bond acceptors (Lipinski definition) is 5. The highest BCUT2D eigenvalue weighted by atomic mass is 32.2. The van der Waals surface area contributed by atoms with E-state index in [0.717, 1.165) is 29.0 Å². The fourth-order valence-corrected chi connectivity index (χ4v) is 5.36. The van der Waals surface area contributed by atoms with Crippen molar-refractivity contribution in [1.82, 2.24) is 0 Å². The topological polar surface area (TPSA) is 72.5 Å². The molecule has 146 valence electrons. The summed E-state index contributed by atoms with van der Waals surface area (Å²) >= 11 is 1.01. The summed E-state index contributed by atoms with van der Waals surface area (Å²) in [5, 5.41) is 1.62. The molecule has 3 aromatic rings. The predicted molar refractivity (Wildman–Crippen MR) is 108 cm³/mol. The molecule has 0 bridgehead atoms. The number of thiophene rings is 1. The van der Waals surface area contributed by atoms with Gasteiger partial charge in [0, 0.05) is 16.6 Å². The molecule has 5 nitrogen and oxygen atoms in total. The van der Waals surface area contributed by atoms with Gasteiger partial charge in [0.2, 0.25) is 0 Å². The number of halogens is 1. The van der Waals surface area contributed by atoms with Crippen LogP contribution in [0.3, 0.4) is 0 Å². The van der Waals surface area contributed by atoms with Crippen LogP contribution in [0, 0.1) is 12.7 Å². The van der Waals surface area contributed by atoms with E-state index in [1.807, 2.05) is 19.1 Å². The average molecular weight is 419 g/mol. The Bertz CT molecular complexity index is 1090. The molecule has 0 radical (unpaired) electrons. The molecule has 1 N–H and O–H groups in total. The van der Waals surface area contributed by atoms with Crippen LogP contribution in [0.2, 0.25) is 0 Å². The molecule has 0 aliphatic heterocycles. The van der Waals surface area contributed by atoms with Crippen molar-refractivity contribution in [1.29, 1.82) is 0 Å². The number of nitrogens with one attached hydrogen (secondary N) is 1. The Morgan fingerprint density at radius 1 is 1.11 bits per heavy atom. The Kier molecular flexibility index (Phi) is 5.81. The lowest BCUT2D eigenvalue weighted by atomic mass is 10.1. The van der Waals surface area contributed by atoms with Crippen LogP contribution < -0.4 is 4.72 Å². The van der Waals surface area contributed by atoms with Gasteiger partial charge in [0.25, 0.3) is 10.0 Å². The zero-order chi connectivity index (χ0) is 20.3. The summed E-state index contributed by atoms with van der Waals surface area (Å²) in [5.41, 5.74) is 2.29. The average Bonchev–Trinajstić information content (AvgIpc) is 3.10. The van der Waals surface area contributed by atoms with E-state index in [1.165, 1.54) is 12.1 Å². The van der Waals surface area contributed by atoms with Crippen molar-refractivity contribution in [3.63, 3.8) is 0 Å². The number of aryl methyl sites for hydroxylation is 1. The molecule has 0 aliphatic rings. The van der Waals surface area contributed by atoms with Gasteiger partial charge in [-0.1, -0.05) is 29.8 Å². The van der Waals surface area contributed by atoms with Gasteiger partial charge >= 0.3 is 5.97 Å². The maximum Gasteiger partial charge on any atom is 0.349 e. The van der Waals surface area contributed by atoms with Crippen molar-refractivity contribution in [2.24, 2.45) is 0 Å². The summed E-state index contributed by atoms with van der Waals surface area (Å²) < 4.78 is 46.8. The monoisotopic (exact) mass is 419 g/mol. The van der Waals surface area contributed by atoms with E-state index >= 15 is 0 Å². The number of esters is 1. The van der Waals surface area contributed by atoms with Crippen LogP contribution in [0.4, 0.5) is 10.1 Å². The van der Waals surface area contributed by atoms with E-state index in [2.05, 4.69) is 4.72 Å². The van der Waals surface area contributed by atoms with E-state index < -0.39 is 21.8 Å². The van der Waals surface area contributed by atoms with Crippen LogP contribution >= 0.6 is 11.3 Å². The van der Waals surface area contributed by atoms with Gasteiger partial charge in [0.15, 0.2) is 0 Å². The molecule has 0 aliphatic carbocycles. The third kappa shape index (κ3) is 4.23. The van der Waals surface area contributed by atoms with E-state index in [4.69, 9.17) is 4.74 Å². The Morgan fingerprint density at radius 2 is 1.75 bits per heavy atom. The van der Waals surface area contributed by atoms with Gasteiger partial charge in [-0.2, -0.15) is 0 Å². The number of sulfonamides is 1. The van der Waals surface area contributed by atoms with Crippen molar-refractivity contribution >= 4 is 33.0 Å². The minimum Gasteiger partial charge on any atom is -0.462 e. The molecule has 0 amide bonds. The summed E-state index contributed by atoms with van der Waals surface area (Å²) in [7, 11) is -4.13. The van der Waals surface area contributed by atoms with Crippen LogP contribution in [-0.4, -0.2) is 21.0 Å². The fourth-order valence-electron chi connectivity index (χ4n) is 2.61. The first kappa shape index (κ1) is 20.0. The second-order valence-electron chi connectivity index (χ2n) is 6.01. The minimum atomic E-state index is -4.13. The van der Waals surface area contributed by atoms with E-state index in [0.29, 0.717) is 11.1 Å². The van der Waals surface area contributed by atoms with Gasteiger partial charge in [-0.3, -0.25) is 4.72 Å². The molecule has 28 heavy (non-hydrogen) atoms. The molecular formula is C20H18FNO4S2. The van der Waals surface area contributed by atoms with Crippen LogP contribution in [0.1, 0.15) is 22.2 Å². The van der Waals surface area contributed by atoms with Gasteiger partial charge in [0.05, 0.1) is 6.61 Å². The molecule has 0 fully saturated rings. The smallest absolute Gasteiger partial charge is 0.349 e. The number of anilines is 1. The molecule has 0 unspecified atom stereocenters. The molecule has 1 aromatic heterocycles. The third-order valence-corrected chi connectivity index (χ3v) is 6.49. The van der Waals surface area contributed by atoms with Crippen LogP contribution in [0.25, 0.3) is 11.1 Å². The van der Waals surface area contributed by atoms with Gasteiger partial charge in [-0.05, 0) is 43.7 Å². The van der Waals surface area contributed by atoms with Crippen LogP contribution in [0.15, 0.2) is 58.8 Å². The van der Waals surface area contributed by atoms with Crippen LogP contribution in [0.5, 0.6) is 0 Å². The lowest BCUT2D eigenvalue weighted by molar-refractivity contribution is 0.0528. The summed E-state index contributed by atoms with van der Waals surface area (Å²) in [6.07, 6.45) is 0. The summed E-state index contributed by atoms with van der Waals surface area (Å²) in [6, 6.07) is 12.2. The quantitative estimate of drug-likeness (QED) is 0.580. The standard InChI is InChI=1S/C20H18FNO4S2/c1-3-26-20(23)18-19(17(12-27-18)14-6-4-13(2)5-7-14)28(24,25)22-16-10-8-15(21)9-11-16/h4-12,22H,3H2,1-2H3. The highest BCUT2D eigenvalue weighted by Gasteiger charge is 2.30. The van der Waals surface area contributed by atoms with Crippen molar-refractivity contribution in [2.45, 2.75) is 18.7 Å². The molecule has 0 saturated heterocycles. The first-order valence-electron chi connectivity index (χ1n) is 8.46. The molecular weight excluding hydrogens is 401 g/mol. The molecule has 8 heteroatoms. The fraction of sp³-hybridized carbons (Fsp3) is 0.150. The van der Waals surface area contributed by atoms with Gasteiger partial charge < -0.3 is 4.74 Å². The zero-order valence-electron chi connectivity index (χ0n) is 15.2. The first-order valence-corrected chi connectivity index (χ1v) is 10.8. The van der Waals surface area contributed by atoms with Gasteiger partial charge in [-0.15, -0.1) is 11.3 Å². The summed E-state index contributed by atoms with van der Waals surface area (Å²) in [5.74, 6) is -1.18. The Labute approximate surface area is 166 Å². The van der Waals surface area contributed by atoms with Gasteiger partial charge in [-0.25, -0.2) is 17.6 Å². The molecule has 2 aromatic carbocycles. The Morgan fingerprint density at radius 3 is 2.36 bits per heavy atom. The lowest BCUT2D eigenvalue weighted by Gasteiger charge is -2.11. The predicted octanol–water partition coefficient (Wildman–Crippen LogP) is 4.84. The molecule has 1 heterocycles. The normalized spacial score (nSPS) is 11.2. The Hall–Kier alpha value is -2.71. The third-order valence-electron chi connectivity index (χ3n) is 3.93. The second-order valence-corrected chi connectivity index (χ2v) is 8.51. The number of hydrogen-bond donors (Lipinski definition) is 1. The molecule has 3 rings (SSSR count). The number of benzene rings is 2. The maximum absolute atomic E-state index is 13.1. The lowest BCUT2D eigenvalue weighted by Crippen LogP contribution is -2.17.